The molecule has 0 aliphatic carbocycles. The van der Waals surface area contributed by atoms with Gasteiger partial charge in [-0.3, -0.25) is 0 Å². The molecule has 0 aromatic heterocycles. The van der Waals surface area contributed by atoms with Gasteiger partial charge in [0.25, 0.3) is 0 Å². The lowest BCUT2D eigenvalue weighted by molar-refractivity contribution is 0.590. The first-order chi connectivity index (χ1) is 48.8. The van der Waals surface area contributed by atoms with Crippen molar-refractivity contribution < 1.29 is 0 Å². The van der Waals surface area contributed by atoms with Gasteiger partial charge in [0.1, 0.15) is 0 Å². The van der Waals surface area contributed by atoms with Crippen LogP contribution < -0.4 is 32.8 Å². The van der Waals surface area contributed by atoms with Gasteiger partial charge in [0, 0.05) is 39.2 Å². The molecule has 0 saturated heterocycles. The maximum atomic E-state index is 2.50. The quantitative estimate of drug-likeness (QED) is 0.124. The van der Waals surface area contributed by atoms with Gasteiger partial charge in [-0.1, -0.05) is 353 Å². The van der Waals surface area contributed by atoms with Crippen molar-refractivity contribution in [2.75, 3.05) is 0 Å². The SMILES string of the molecule is CC(C)(C)c1ccc2c(c1)B1c3ccccc3Sc3cc(-c4c5ccccc5c(-c5ccc6ccccc6c5)c5ccccc45)cc(c31)S2.CC(C)(C)c1ccc2c(c1)B1c3ccccc3Sc3cc(-c4cccc(-c5c6ccccc6c(-c6ccccc6)c6ccccc56)c4)cc(c31)S2. The molecule has 6 heteroatoms. The van der Waals surface area contributed by atoms with Crippen molar-refractivity contribution in [3.63, 3.8) is 0 Å². The van der Waals surface area contributed by atoms with Crippen molar-refractivity contribution in [1.82, 2.24) is 0 Å². The lowest BCUT2D eigenvalue weighted by Crippen LogP contribution is -2.58. The monoisotopic (exact) mass is 1350 g/mol. The van der Waals surface area contributed by atoms with Crippen molar-refractivity contribution in [2.24, 2.45) is 0 Å². The van der Waals surface area contributed by atoms with Crippen LogP contribution in [0.5, 0.6) is 0 Å². The van der Waals surface area contributed by atoms with Crippen molar-refractivity contribution >= 4 is 147 Å². The summed E-state index contributed by atoms with van der Waals surface area (Å²) in [4.78, 5) is 11.0. The molecule has 0 fully saturated rings. The number of fused-ring (bicyclic) bond motifs is 13. The summed E-state index contributed by atoms with van der Waals surface area (Å²) < 4.78 is 0. The molecule has 100 heavy (non-hydrogen) atoms. The van der Waals surface area contributed by atoms with Crippen LogP contribution in [-0.2, 0) is 10.8 Å². The summed E-state index contributed by atoms with van der Waals surface area (Å²) in [6.07, 6.45) is 0. The Kier molecular flexibility index (Phi) is 14.8. The van der Waals surface area contributed by atoms with E-state index in [2.05, 4.69) is 345 Å². The van der Waals surface area contributed by atoms with E-state index in [-0.39, 0.29) is 24.3 Å². The molecule has 0 saturated carbocycles. The lowest BCUT2D eigenvalue weighted by atomic mass is 9.36. The molecule has 0 atom stereocenters. The second kappa shape index (κ2) is 24.0. The van der Waals surface area contributed by atoms with Crippen molar-refractivity contribution in [3.8, 4) is 55.6 Å². The molecule has 4 aliphatic rings. The van der Waals surface area contributed by atoms with E-state index in [0.717, 1.165) is 0 Å². The Morgan fingerprint density at radius 1 is 0.210 bits per heavy atom. The second-order valence-corrected chi connectivity index (χ2v) is 33.7. The van der Waals surface area contributed by atoms with Gasteiger partial charge in [0.2, 0.25) is 13.4 Å². The summed E-state index contributed by atoms with van der Waals surface area (Å²) in [5, 5.41) is 12.8. The average Bonchev–Trinajstić information content (AvgIpc) is 0.729. The Morgan fingerprint density at radius 3 is 1.00 bits per heavy atom. The molecule has 0 amide bonds. The third-order valence-electron chi connectivity index (χ3n) is 21.2. The fraction of sp³-hybridized carbons (Fsp3) is 0.0851. The van der Waals surface area contributed by atoms with Gasteiger partial charge < -0.3 is 0 Å². The van der Waals surface area contributed by atoms with E-state index in [0.29, 0.717) is 0 Å². The fourth-order valence-corrected chi connectivity index (χ4v) is 21.4. The van der Waals surface area contributed by atoms with Gasteiger partial charge in [0.15, 0.2) is 0 Å². The summed E-state index contributed by atoms with van der Waals surface area (Å²) in [5.41, 5.74) is 24.5. The molecule has 0 radical (unpaired) electrons. The van der Waals surface area contributed by atoms with Crippen LogP contribution in [0.1, 0.15) is 52.7 Å². The molecule has 0 spiro atoms. The van der Waals surface area contributed by atoms with Crippen LogP contribution in [0.4, 0.5) is 0 Å². The summed E-state index contributed by atoms with van der Waals surface area (Å²) in [7, 11) is 0. The van der Waals surface area contributed by atoms with Crippen molar-refractivity contribution in [2.45, 2.75) is 91.5 Å². The highest BCUT2D eigenvalue weighted by Crippen LogP contribution is 2.50. The molecule has 0 N–H and O–H groups in total. The molecular formula is C94H68B2S4. The minimum Gasteiger partial charge on any atom is -0.0911 e. The third kappa shape index (κ3) is 10.3. The molecule has 4 aliphatic heterocycles. The zero-order chi connectivity index (χ0) is 67.1. The predicted octanol–water partition coefficient (Wildman–Crippen LogP) is 23.0. The van der Waals surface area contributed by atoms with Gasteiger partial charge in [-0.25, -0.2) is 0 Å². The lowest BCUT2D eigenvalue weighted by Gasteiger charge is -2.34. The van der Waals surface area contributed by atoms with Gasteiger partial charge in [-0.15, -0.1) is 0 Å². The Morgan fingerprint density at radius 2 is 0.550 bits per heavy atom. The van der Waals surface area contributed by atoms with E-state index in [1.807, 2.05) is 47.0 Å². The van der Waals surface area contributed by atoms with E-state index in [4.69, 9.17) is 0 Å². The Hall–Kier alpha value is -9.65. The van der Waals surface area contributed by atoms with E-state index in [1.165, 1.54) is 193 Å². The molecule has 474 valence electrons. The molecule has 0 nitrogen and oxygen atoms in total. The molecule has 4 heterocycles. The van der Waals surface area contributed by atoms with Crippen molar-refractivity contribution in [1.29, 1.82) is 0 Å². The van der Waals surface area contributed by atoms with Crippen LogP contribution in [0.15, 0.2) is 342 Å². The summed E-state index contributed by atoms with van der Waals surface area (Å²) >= 11 is 7.77. The minimum atomic E-state index is 0.0940. The summed E-state index contributed by atoms with van der Waals surface area (Å²) in [6.45, 7) is 14.4. The van der Waals surface area contributed by atoms with Crippen LogP contribution >= 0.6 is 47.0 Å². The first kappa shape index (κ1) is 61.4. The van der Waals surface area contributed by atoms with Gasteiger partial charge in [-0.05, 0) is 203 Å². The van der Waals surface area contributed by atoms with E-state index in [1.54, 1.807) is 0 Å². The molecule has 20 rings (SSSR count). The molecule has 16 aromatic carbocycles. The highest BCUT2D eigenvalue weighted by Gasteiger charge is 2.41. The van der Waals surface area contributed by atoms with Crippen LogP contribution in [0.25, 0.3) is 109 Å². The van der Waals surface area contributed by atoms with Crippen LogP contribution in [0.2, 0.25) is 0 Å². The largest absolute Gasteiger partial charge is 0.247 e. The highest BCUT2D eigenvalue weighted by molar-refractivity contribution is 8.02. The average molecular weight is 1350 g/mol. The van der Waals surface area contributed by atoms with Crippen molar-refractivity contribution in [3.05, 3.63) is 314 Å². The third-order valence-corrected chi connectivity index (χ3v) is 25.8. The number of benzene rings is 16. The van der Waals surface area contributed by atoms with Gasteiger partial charge >= 0.3 is 0 Å². The molecule has 0 unspecified atom stereocenters. The Bertz CT molecular complexity index is 5950. The summed E-state index contributed by atoms with van der Waals surface area (Å²) in [5.74, 6) is 0. The zero-order valence-electron chi connectivity index (χ0n) is 56.7. The van der Waals surface area contributed by atoms with E-state index < -0.39 is 0 Å². The predicted molar refractivity (Wildman–Crippen MR) is 437 cm³/mol. The first-order valence-corrected chi connectivity index (χ1v) is 38.2. The molecular weight excluding hydrogens is 1280 g/mol. The van der Waals surface area contributed by atoms with Crippen LogP contribution in [-0.4, -0.2) is 13.4 Å². The normalized spacial score (nSPS) is 13.3. The number of rotatable bonds is 5. The smallest absolute Gasteiger partial charge is 0.0911 e. The molecule has 16 aromatic rings. The van der Waals surface area contributed by atoms with Gasteiger partial charge in [-0.2, -0.15) is 0 Å². The number of hydrogen-bond donors (Lipinski definition) is 0. The maximum Gasteiger partial charge on any atom is 0.247 e. The van der Waals surface area contributed by atoms with Crippen LogP contribution in [0.3, 0.4) is 0 Å². The number of hydrogen-bond acceptors (Lipinski definition) is 4. The summed E-state index contributed by atoms with van der Waals surface area (Å²) in [6, 6.07) is 114. The van der Waals surface area contributed by atoms with E-state index in [9.17, 15) is 0 Å². The zero-order valence-corrected chi connectivity index (χ0v) is 59.9. The highest BCUT2D eigenvalue weighted by atomic mass is 32.2. The topological polar surface area (TPSA) is 0 Å². The Balaban J connectivity index is 0.000000139. The minimum absolute atomic E-state index is 0.0940. The first-order valence-electron chi connectivity index (χ1n) is 34.9. The molecule has 0 bridgehead atoms. The van der Waals surface area contributed by atoms with E-state index >= 15 is 0 Å². The fourth-order valence-electron chi connectivity index (χ4n) is 16.4. The Labute approximate surface area is 603 Å². The standard InChI is InChI=1S/C48H35BS2.C46H33BS2/c1-48(2,3)34-24-25-42-40(29-34)49-39-22-11-12-23-41(39)50-43-27-33(28-44(51-42)47(43)49)31-16-13-17-32(26-31)46-37-20-9-7-18-35(37)45(30-14-5-4-6-15-30)36-19-8-10-21-38(36)46;1-46(2,3)32-22-23-40-38(27-32)47-37-18-10-11-19-39(37)48-41-25-31(26-42(49-40)45(41)47)44-35-16-8-6-14-33(35)43(34-15-7-9-17-36(34)44)30-21-20-28-12-4-5-13-29(28)24-30/h4-29H,1-3H3;4-27H,1-3H3. The van der Waals surface area contributed by atoms with Crippen LogP contribution in [0, 0.1) is 0 Å². The maximum absolute atomic E-state index is 2.50. The second-order valence-electron chi connectivity index (χ2n) is 29.3. The van der Waals surface area contributed by atoms with Gasteiger partial charge in [0.05, 0.1) is 0 Å².